The zero-order valence-electron chi connectivity index (χ0n) is 9.27. The number of nitrogens with zero attached hydrogens (tertiary/aromatic N) is 1. The lowest BCUT2D eigenvalue weighted by Gasteiger charge is -2.40. The minimum atomic E-state index is 0.426. The molecule has 86 valence electrons. The molecular formula is C13H17IN2. The molecule has 0 aromatic heterocycles. The van der Waals surface area contributed by atoms with Crippen LogP contribution in [0, 0.1) is 3.57 Å². The Bertz CT molecular complexity index is 379. The number of hydrogen-bond acceptors (Lipinski definition) is 2. The van der Waals surface area contributed by atoms with Gasteiger partial charge in [-0.3, -0.25) is 0 Å². The van der Waals surface area contributed by atoms with Gasteiger partial charge in [0.2, 0.25) is 0 Å². The van der Waals surface area contributed by atoms with Crippen molar-refractivity contribution in [2.75, 3.05) is 4.90 Å². The quantitative estimate of drug-likeness (QED) is 0.804. The number of halogens is 1. The van der Waals surface area contributed by atoms with Crippen molar-refractivity contribution in [1.82, 2.24) is 0 Å². The monoisotopic (exact) mass is 328 g/mol. The second kappa shape index (κ2) is 4.18. The second-order valence-electron chi connectivity index (χ2n) is 4.98. The summed E-state index contributed by atoms with van der Waals surface area (Å²) in [5.74, 6) is 0. The van der Waals surface area contributed by atoms with Gasteiger partial charge in [0.25, 0.3) is 0 Å². The van der Waals surface area contributed by atoms with E-state index in [0.717, 1.165) is 0 Å². The van der Waals surface area contributed by atoms with Crippen LogP contribution >= 0.6 is 22.6 Å². The van der Waals surface area contributed by atoms with Crippen molar-refractivity contribution in [3.05, 3.63) is 27.8 Å². The van der Waals surface area contributed by atoms with Gasteiger partial charge in [-0.05, 0) is 60.4 Å². The summed E-state index contributed by atoms with van der Waals surface area (Å²) in [6.45, 7) is 0. The number of piperidine rings is 1. The van der Waals surface area contributed by atoms with Gasteiger partial charge in [-0.15, -0.1) is 0 Å². The Morgan fingerprint density at radius 1 is 1.12 bits per heavy atom. The Balaban J connectivity index is 1.94. The number of para-hydroxylation sites is 1. The highest BCUT2D eigenvalue weighted by Crippen LogP contribution is 2.40. The second-order valence-corrected chi connectivity index (χ2v) is 6.14. The first-order chi connectivity index (χ1) is 7.75. The molecule has 16 heavy (non-hydrogen) atoms. The average molecular weight is 328 g/mol. The Hall–Kier alpha value is -0.290. The first-order valence-electron chi connectivity index (χ1n) is 6.04. The summed E-state index contributed by atoms with van der Waals surface area (Å²) in [5, 5.41) is 0. The van der Waals surface area contributed by atoms with Crippen LogP contribution in [0.15, 0.2) is 24.3 Å². The van der Waals surface area contributed by atoms with Crippen molar-refractivity contribution in [1.29, 1.82) is 0 Å². The fraction of sp³-hybridized carbons (Fsp3) is 0.538. The van der Waals surface area contributed by atoms with Crippen molar-refractivity contribution in [3.8, 4) is 0 Å². The van der Waals surface area contributed by atoms with E-state index in [9.17, 15) is 0 Å². The van der Waals surface area contributed by atoms with Gasteiger partial charge >= 0.3 is 0 Å². The predicted molar refractivity (Wildman–Crippen MR) is 75.7 cm³/mol. The van der Waals surface area contributed by atoms with Gasteiger partial charge in [-0.25, -0.2) is 0 Å². The topological polar surface area (TPSA) is 29.3 Å². The highest BCUT2D eigenvalue weighted by molar-refractivity contribution is 14.1. The fourth-order valence-corrected chi connectivity index (χ4v) is 3.94. The van der Waals surface area contributed by atoms with Crippen LogP contribution < -0.4 is 10.6 Å². The molecule has 1 aromatic rings. The van der Waals surface area contributed by atoms with Crippen LogP contribution in [0.2, 0.25) is 0 Å². The zero-order chi connectivity index (χ0) is 11.1. The van der Waals surface area contributed by atoms with Crippen LogP contribution in [-0.4, -0.2) is 18.1 Å². The highest BCUT2D eigenvalue weighted by atomic mass is 127. The lowest BCUT2D eigenvalue weighted by atomic mass is 9.97. The Labute approximate surface area is 110 Å². The molecule has 0 saturated carbocycles. The Kier molecular flexibility index (Phi) is 2.83. The van der Waals surface area contributed by atoms with E-state index in [-0.39, 0.29) is 0 Å². The van der Waals surface area contributed by atoms with E-state index < -0.39 is 0 Å². The van der Waals surface area contributed by atoms with Crippen LogP contribution in [-0.2, 0) is 0 Å². The van der Waals surface area contributed by atoms with Crippen molar-refractivity contribution < 1.29 is 0 Å². The fourth-order valence-electron chi connectivity index (χ4n) is 3.27. The molecule has 2 aliphatic rings. The minimum absolute atomic E-state index is 0.426. The summed E-state index contributed by atoms with van der Waals surface area (Å²) in [6.07, 6.45) is 4.98. The molecule has 0 radical (unpaired) electrons. The minimum Gasteiger partial charge on any atom is -0.365 e. The molecule has 2 unspecified atom stereocenters. The maximum Gasteiger partial charge on any atom is 0.0506 e. The van der Waals surface area contributed by atoms with Crippen LogP contribution in [0.25, 0.3) is 0 Å². The van der Waals surface area contributed by atoms with Gasteiger partial charge < -0.3 is 10.6 Å². The van der Waals surface area contributed by atoms with E-state index in [1.165, 1.54) is 34.9 Å². The zero-order valence-corrected chi connectivity index (χ0v) is 11.4. The van der Waals surface area contributed by atoms with Gasteiger partial charge in [0.05, 0.1) is 5.69 Å². The number of anilines is 1. The number of benzene rings is 1. The third kappa shape index (κ3) is 1.74. The van der Waals surface area contributed by atoms with Crippen molar-refractivity contribution >= 4 is 28.3 Å². The summed E-state index contributed by atoms with van der Waals surface area (Å²) < 4.78 is 1.37. The van der Waals surface area contributed by atoms with E-state index in [2.05, 4.69) is 51.8 Å². The number of nitrogens with two attached hydrogens (primary N) is 1. The number of hydrogen-bond donors (Lipinski definition) is 1. The van der Waals surface area contributed by atoms with Gasteiger partial charge in [0.1, 0.15) is 0 Å². The molecule has 2 bridgehead atoms. The molecule has 2 atom stereocenters. The van der Waals surface area contributed by atoms with Crippen LogP contribution in [0.4, 0.5) is 5.69 Å². The molecule has 2 N–H and O–H groups in total. The van der Waals surface area contributed by atoms with Gasteiger partial charge in [0.15, 0.2) is 0 Å². The molecule has 2 nitrogen and oxygen atoms in total. The average Bonchev–Trinajstić information content (AvgIpc) is 2.53. The molecule has 2 fully saturated rings. The highest BCUT2D eigenvalue weighted by Gasteiger charge is 2.40. The lowest BCUT2D eigenvalue weighted by molar-refractivity contribution is 0.414. The lowest BCUT2D eigenvalue weighted by Crippen LogP contribution is -2.47. The SMILES string of the molecule is NC1CC2CCC(C1)N2c1ccccc1I. The van der Waals surface area contributed by atoms with E-state index in [4.69, 9.17) is 5.73 Å². The summed E-state index contributed by atoms with van der Waals surface area (Å²) >= 11 is 2.44. The molecule has 0 aliphatic carbocycles. The standard InChI is InChI=1S/C13H17IN2/c14-12-3-1-2-4-13(12)16-10-5-6-11(16)8-9(15)7-10/h1-4,9-11H,5-8,15H2. The number of fused-ring (bicyclic) bond motifs is 2. The van der Waals surface area contributed by atoms with E-state index in [1.807, 2.05) is 0 Å². The first-order valence-corrected chi connectivity index (χ1v) is 7.12. The molecule has 3 heteroatoms. The maximum absolute atomic E-state index is 6.11. The summed E-state index contributed by atoms with van der Waals surface area (Å²) in [6, 6.07) is 10.5. The van der Waals surface area contributed by atoms with Crippen molar-refractivity contribution in [2.24, 2.45) is 5.73 Å². The molecule has 1 aromatic carbocycles. The van der Waals surface area contributed by atoms with Crippen LogP contribution in [0.5, 0.6) is 0 Å². The van der Waals surface area contributed by atoms with Gasteiger partial charge in [0, 0.05) is 21.7 Å². The first kappa shape index (κ1) is 10.8. The summed E-state index contributed by atoms with van der Waals surface area (Å²) in [5.41, 5.74) is 7.52. The van der Waals surface area contributed by atoms with Gasteiger partial charge in [-0.2, -0.15) is 0 Å². The summed E-state index contributed by atoms with van der Waals surface area (Å²) in [4.78, 5) is 2.63. The van der Waals surface area contributed by atoms with Crippen LogP contribution in [0.3, 0.4) is 0 Å². The third-order valence-corrected chi connectivity index (χ3v) is 4.81. The molecule has 2 aliphatic heterocycles. The third-order valence-electron chi connectivity index (χ3n) is 3.90. The molecule has 2 saturated heterocycles. The molecule has 0 amide bonds. The Morgan fingerprint density at radius 2 is 1.75 bits per heavy atom. The number of rotatable bonds is 1. The van der Waals surface area contributed by atoms with Gasteiger partial charge in [-0.1, -0.05) is 12.1 Å². The maximum atomic E-state index is 6.11. The summed E-state index contributed by atoms with van der Waals surface area (Å²) in [7, 11) is 0. The largest absolute Gasteiger partial charge is 0.365 e. The van der Waals surface area contributed by atoms with E-state index in [1.54, 1.807) is 0 Å². The Morgan fingerprint density at radius 3 is 2.38 bits per heavy atom. The van der Waals surface area contributed by atoms with Crippen LogP contribution in [0.1, 0.15) is 25.7 Å². The molecule has 0 spiro atoms. The smallest absolute Gasteiger partial charge is 0.0506 e. The molecule has 2 heterocycles. The predicted octanol–water partition coefficient (Wildman–Crippen LogP) is 2.75. The van der Waals surface area contributed by atoms with E-state index >= 15 is 0 Å². The van der Waals surface area contributed by atoms with Crippen molar-refractivity contribution in [2.45, 2.75) is 43.8 Å². The van der Waals surface area contributed by atoms with E-state index in [0.29, 0.717) is 18.1 Å². The van der Waals surface area contributed by atoms with Crippen molar-refractivity contribution in [3.63, 3.8) is 0 Å². The normalized spacial score (nSPS) is 33.1. The molecular weight excluding hydrogens is 311 g/mol. The molecule has 3 rings (SSSR count).